The number of carbonyl (C=O) groups is 1. The van der Waals surface area contributed by atoms with Gasteiger partial charge in [-0.15, -0.1) is 0 Å². The van der Waals surface area contributed by atoms with E-state index in [1.165, 1.54) is 31.3 Å². The third kappa shape index (κ3) is 4.98. The molecule has 32 heavy (non-hydrogen) atoms. The van der Waals surface area contributed by atoms with Gasteiger partial charge in [-0.3, -0.25) is 14.2 Å². The molecule has 3 aromatic rings. The number of hydrogen-bond donors (Lipinski definition) is 0. The summed E-state index contributed by atoms with van der Waals surface area (Å²) in [7, 11) is 1.30. The monoisotopic (exact) mass is 444 g/mol. The second-order valence-electron chi connectivity index (χ2n) is 7.22. The zero-order chi connectivity index (χ0) is 23.3. The molecule has 11 heteroatoms. The SMILES string of the molecule is CCCCN(CC)C(=O)CCc1nc(-c2nn(-c3ccc(F)cc3)c(=O)n(C)c2=O)no1. The Hall–Kier alpha value is -3.63. The Labute approximate surface area is 183 Å². The van der Waals surface area contributed by atoms with Gasteiger partial charge in [0.15, 0.2) is 5.69 Å². The van der Waals surface area contributed by atoms with Gasteiger partial charge in [0, 0.05) is 33.0 Å². The molecule has 0 aliphatic rings. The highest BCUT2D eigenvalue weighted by Gasteiger charge is 2.20. The fraction of sp³-hybridized carbons (Fsp3) is 0.429. The number of benzene rings is 1. The van der Waals surface area contributed by atoms with Gasteiger partial charge in [-0.25, -0.2) is 9.18 Å². The van der Waals surface area contributed by atoms with Crippen molar-refractivity contribution in [2.24, 2.45) is 7.05 Å². The number of halogens is 1. The molecule has 0 aliphatic carbocycles. The van der Waals surface area contributed by atoms with Gasteiger partial charge in [0.25, 0.3) is 5.56 Å². The lowest BCUT2D eigenvalue weighted by atomic mass is 10.2. The second kappa shape index (κ2) is 10.1. The summed E-state index contributed by atoms with van der Waals surface area (Å²) in [5.74, 6) is -0.398. The summed E-state index contributed by atoms with van der Waals surface area (Å²) in [4.78, 5) is 43.4. The lowest BCUT2D eigenvalue weighted by Crippen LogP contribution is -2.40. The highest BCUT2D eigenvalue weighted by atomic mass is 19.1. The van der Waals surface area contributed by atoms with Gasteiger partial charge in [0.1, 0.15) is 5.82 Å². The minimum absolute atomic E-state index is 0.0143. The van der Waals surface area contributed by atoms with Gasteiger partial charge < -0.3 is 9.42 Å². The van der Waals surface area contributed by atoms with Gasteiger partial charge in [-0.05, 0) is 37.6 Å². The summed E-state index contributed by atoms with van der Waals surface area (Å²) in [5.41, 5.74) is -1.33. The number of rotatable bonds is 9. The van der Waals surface area contributed by atoms with Crippen molar-refractivity contribution >= 4 is 5.91 Å². The van der Waals surface area contributed by atoms with E-state index in [9.17, 15) is 18.8 Å². The first-order valence-electron chi connectivity index (χ1n) is 10.4. The van der Waals surface area contributed by atoms with Crippen LogP contribution in [-0.2, 0) is 18.3 Å². The van der Waals surface area contributed by atoms with Crippen molar-refractivity contribution in [1.29, 1.82) is 0 Å². The summed E-state index contributed by atoms with van der Waals surface area (Å²) in [6.07, 6.45) is 2.34. The minimum Gasteiger partial charge on any atom is -0.343 e. The quantitative estimate of drug-likeness (QED) is 0.493. The van der Waals surface area contributed by atoms with E-state index in [4.69, 9.17) is 4.52 Å². The molecule has 0 radical (unpaired) electrons. The molecule has 0 fully saturated rings. The van der Waals surface area contributed by atoms with E-state index in [-0.39, 0.29) is 41.8 Å². The van der Waals surface area contributed by atoms with E-state index >= 15 is 0 Å². The second-order valence-corrected chi connectivity index (χ2v) is 7.22. The van der Waals surface area contributed by atoms with Crippen molar-refractivity contribution in [3.05, 3.63) is 56.8 Å². The molecule has 1 amide bonds. The molecule has 3 rings (SSSR count). The maximum atomic E-state index is 13.2. The maximum Gasteiger partial charge on any atom is 0.351 e. The van der Waals surface area contributed by atoms with Crippen molar-refractivity contribution in [3.8, 4) is 17.2 Å². The lowest BCUT2D eigenvalue weighted by molar-refractivity contribution is -0.131. The van der Waals surface area contributed by atoms with Crippen molar-refractivity contribution in [1.82, 2.24) is 29.4 Å². The van der Waals surface area contributed by atoms with Gasteiger partial charge in [-0.1, -0.05) is 18.5 Å². The molecular formula is C21H25FN6O4. The summed E-state index contributed by atoms with van der Waals surface area (Å²) in [6.45, 7) is 5.32. The Morgan fingerprint density at radius 3 is 2.56 bits per heavy atom. The van der Waals surface area contributed by atoms with E-state index in [1.54, 1.807) is 4.90 Å². The van der Waals surface area contributed by atoms with E-state index < -0.39 is 17.1 Å². The van der Waals surface area contributed by atoms with E-state index in [2.05, 4.69) is 22.2 Å². The number of aryl methyl sites for hydroxylation is 1. The fourth-order valence-corrected chi connectivity index (χ4v) is 3.10. The van der Waals surface area contributed by atoms with Crippen LogP contribution in [0.3, 0.4) is 0 Å². The van der Waals surface area contributed by atoms with Crippen LogP contribution in [-0.4, -0.2) is 48.4 Å². The normalized spacial score (nSPS) is 11.0. The summed E-state index contributed by atoms with van der Waals surface area (Å²) in [6, 6.07) is 5.09. The topological polar surface area (TPSA) is 116 Å². The molecule has 1 aromatic carbocycles. The third-order valence-corrected chi connectivity index (χ3v) is 5.00. The summed E-state index contributed by atoms with van der Waals surface area (Å²) >= 11 is 0. The molecule has 0 spiro atoms. The highest BCUT2D eigenvalue weighted by Crippen LogP contribution is 2.12. The smallest absolute Gasteiger partial charge is 0.343 e. The number of nitrogens with zero attached hydrogens (tertiary/aromatic N) is 6. The third-order valence-electron chi connectivity index (χ3n) is 5.00. The largest absolute Gasteiger partial charge is 0.351 e. The molecule has 0 saturated carbocycles. The van der Waals surface area contributed by atoms with E-state index in [0.29, 0.717) is 13.1 Å². The average molecular weight is 444 g/mol. The molecule has 0 aliphatic heterocycles. The van der Waals surface area contributed by atoms with Crippen molar-refractivity contribution < 1.29 is 13.7 Å². The predicted octanol–water partition coefficient (Wildman–Crippen LogP) is 1.70. The van der Waals surface area contributed by atoms with Gasteiger partial charge in [0.2, 0.25) is 17.6 Å². The summed E-state index contributed by atoms with van der Waals surface area (Å²) < 4.78 is 20.2. The first kappa shape index (κ1) is 23.0. The van der Waals surface area contributed by atoms with Crippen LogP contribution in [0.2, 0.25) is 0 Å². The van der Waals surface area contributed by atoms with Crippen LogP contribution >= 0.6 is 0 Å². The molecular weight excluding hydrogens is 419 g/mol. The van der Waals surface area contributed by atoms with Gasteiger partial charge in [-0.2, -0.15) is 14.8 Å². The molecule has 0 saturated heterocycles. The van der Waals surface area contributed by atoms with Crippen LogP contribution in [0.5, 0.6) is 0 Å². The van der Waals surface area contributed by atoms with Crippen LogP contribution < -0.4 is 11.2 Å². The Morgan fingerprint density at radius 1 is 1.19 bits per heavy atom. The number of unbranched alkanes of at least 4 members (excludes halogenated alkanes) is 1. The molecule has 0 N–H and O–H groups in total. The lowest BCUT2D eigenvalue weighted by Gasteiger charge is -2.20. The number of aromatic nitrogens is 5. The number of hydrogen-bond acceptors (Lipinski definition) is 7. The molecule has 0 unspecified atom stereocenters. The Bertz CT molecular complexity index is 1200. The zero-order valence-electron chi connectivity index (χ0n) is 18.2. The van der Waals surface area contributed by atoms with Crippen LogP contribution in [0.4, 0.5) is 4.39 Å². The minimum atomic E-state index is -0.702. The zero-order valence-corrected chi connectivity index (χ0v) is 18.2. The highest BCUT2D eigenvalue weighted by molar-refractivity contribution is 5.76. The van der Waals surface area contributed by atoms with Crippen LogP contribution in [0.15, 0.2) is 38.4 Å². The first-order chi connectivity index (χ1) is 15.3. The predicted molar refractivity (Wildman–Crippen MR) is 114 cm³/mol. The molecule has 170 valence electrons. The first-order valence-corrected chi connectivity index (χ1v) is 10.4. The van der Waals surface area contributed by atoms with Crippen LogP contribution in [0.25, 0.3) is 17.2 Å². The van der Waals surface area contributed by atoms with Crippen LogP contribution in [0, 0.1) is 5.82 Å². The molecule has 2 aromatic heterocycles. The fourth-order valence-electron chi connectivity index (χ4n) is 3.10. The standard InChI is InChI=1S/C21H25FN6O4/c1-4-6-13-27(5-2)17(29)12-11-16-23-19(25-32-16)18-20(30)26(3)21(31)28(24-18)15-9-7-14(22)8-10-15/h7-10H,4-6,11-13H2,1-3H3. The van der Waals surface area contributed by atoms with E-state index in [1.807, 2.05) is 6.92 Å². The van der Waals surface area contributed by atoms with E-state index in [0.717, 1.165) is 22.1 Å². The number of carbonyl (C=O) groups excluding carboxylic acids is 1. The van der Waals surface area contributed by atoms with Crippen molar-refractivity contribution in [2.75, 3.05) is 13.1 Å². The average Bonchev–Trinajstić information content (AvgIpc) is 3.26. The van der Waals surface area contributed by atoms with Crippen molar-refractivity contribution in [3.63, 3.8) is 0 Å². The number of amides is 1. The summed E-state index contributed by atoms with van der Waals surface area (Å²) in [5, 5.41) is 7.87. The molecule has 0 atom stereocenters. The Morgan fingerprint density at radius 2 is 1.91 bits per heavy atom. The van der Waals surface area contributed by atoms with Crippen molar-refractivity contribution in [2.45, 2.75) is 39.5 Å². The van der Waals surface area contributed by atoms with Gasteiger partial charge >= 0.3 is 5.69 Å². The van der Waals surface area contributed by atoms with Crippen LogP contribution in [0.1, 0.15) is 39.0 Å². The molecule has 0 bridgehead atoms. The Kier molecular flexibility index (Phi) is 7.29. The molecule has 2 heterocycles. The Balaban J connectivity index is 1.84. The molecule has 10 nitrogen and oxygen atoms in total. The maximum absolute atomic E-state index is 13.2. The van der Waals surface area contributed by atoms with Gasteiger partial charge in [0.05, 0.1) is 5.69 Å².